The Morgan fingerprint density at radius 2 is 1.55 bits per heavy atom. The average molecular weight is 451 g/mol. The molecule has 0 bridgehead atoms. The number of nitrogens with zero attached hydrogens (tertiary/aromatic N) is 1. The van der Waals surface area contributed by atoms with Crippen molar-refractivity contribution in [1.29, 1.82) is 0 Å². The highest BCUT2D eigenvalue weighted by Crippen LogP contribution is 2.23. The van der Waals surface area contributed by atoms with Crippen LogP contribution in [-0.2, 0) is 28.0 Å². The van der Waals surface area contributed by atoms with Gasteiger partial charge in [0.2, 0.25) is 11.8 Å². The third kappa shape index (κ3) is 8.03. The molecule has 180 valence electrons. The van der Waals surface area contributed by atoms with Crippen molar-refractivity contribution in [2.45, 2.75) is 98.2 Å². The minimum atomic E-state index is -0.500. The molecule has 4 heteroatoms. The first kappa shape index (κ1) is 26.6. The Labute approximate surface area is 200 Å². The fraction of sp³-hybridized carbons (Fsp3) is 0.517. The molecule has 0 aliphatic heterocycles. The Bertz CT molecular complexity index is 933. The van der Waals surface area contributed by atoms with Crippen LogP contribution in [0.15, 0.2) is 48.5 Å². The lowest BCUT2D eigenvalue weighted by atomic mass is 9.86. The monoisotopic (exact) mass is 450 g/mol. The van der Waals surface area contributed by atoms with Crippen LogP contribution in [-0.4, -0.2) is 28.3 Å². The quantitative estimate of drug-likeness (QED) is 0.540. The SMILES string of the molecule is CC[C@@H](C(=O)NC(C)(C)C)N(Cc1ccccc1C)C(=O)CCc1ccc(C(C)(C)C)cc1. The molecule has 4 nitrogen and oxygen atoms in total. The second-order valence-corrected chi connectivity index (χ2v) is 11.1. The maximum atomic E-state index is 13.5. The molecule has 0 spiro atoms. The molecule has 0 unspecified atom stereocenters. The van der Waals surface area contributed by atoms with Crippen LogP contribution in [0.4, 0.5) is 0 Å². The second kappa shape index (κ2) is 11.0. The number of hydrogen-bond acceptors (Lipinski definition) is 2. The molecule has 2 rings (SSSR count). The fourth-order valence-corrected chi connectivity index (χ4v) is 3.91. The van der Waals surface area contributed by atoms with Crippen LogP contribution in [0.5, 0.6) is 0 Å². The molecule has 2 aromatic carbocycles. The van der Waals surface area contributed by atoms with Crippen molar-refractivity contribution >= 4 is 11.8 Å². The van der Waals surface area contributed by atoms with Gasteiger partial charge in [-0.3, -0.25) is 9.59 Å². The van der Waals surface area contributed by atoms with Crippen molar-refractivity contribution in [3.63, 3.8) is 0 Å². The van der Waals surface area contributed by atoms with Crippen LogP contribution in [0.2, 0.25) is 0 Å². The normalized spacial score (nSPS) is 12.8. The Morgan fingerprint density at radius 3 is 2.06 bits per heavy atom. The molecule has 2 aromatic rings. The summed E-state index contributed by atoms with van der Waals surface area (Å²) in [5.41, 5.74) is 4.37. The highest BCUT2D eigenvalue weighted by molar-refractivity contribution is 5.88. The first-order valence-corrected chi connectivity index (χ1v) is 12.1. The molecule has 0 aromatic heterocycles. The highest BCUT2D eigenvalue weighted by atomic mass is 16.2. The van der Waals surface area contributed by atoms with E-state index in [9.17, 15) is 9.59 Å². The van der Waals surface area contributed by atoms with Gasteiger partial charge < -0.3 is 10.2 Å². The maximum absolute atomic E-state index is 13.5. The van der Waals surface area contributed by atoms with E-state index in [1.54, 1.807) is 4.90 Å². The predicted octanol–water partition coefficient (Wildman–Crippen LogP) is 5.95. The van der Waals surface area contributed by atoms with E-state index >= 15 is 0 Å². The molecule has 0 fully saturated rings. The summed E-state index contributed by atoms with van der Waals surface area (Å²) in [6.07, 6.45) is 1.60. The minimum absolute atomic E-state index is 0.00839. The number of aryl methyl sites for hydroxylation is 2. The molecular formula is C29H42N2O2. The molecule has 0 heterocycles. The lowest BCUT2D eigenvalue weighted by Crippen LogP contribution is -2.53. The van der Waals surface area contributed by atoms with E-state index in [-0.39, 0.29) is 22.8 Å². The summed E-state index contributed by atoms with van der Waals surface area (Å²) in [7, 11) is 0. The first-order chi connectivity index (χ1) is 15.3. The van der Waals surface area contributed by atoms with Gasteiger partial charge in [0.15, 0.2) is 0 Å². The van der Waals surface area contributed by atoms with E-state index in [2.05, 4.69) is 50.4 Å². The molecule has 0 saturated carbocycles. The Kier molecular flexibility index (Phi) is 8.88. The molecule has 0 saturated heterocycles. The van der Waals surface area contributed by atoms with E-state index in [0.717, 1.165) is 16.7 Å². The van der Waals surface area contributed by atoms with Crippen molar-refractivity contribution in [2.24, 2.45) is 0 Å². The van der Waals surface area contributed by atoms with E-state index < -0.39 is 6.04 Å². The summed E-state index contributed by atoms with van der Waals surface area (Å²) in [6, 6.07) is 16.1. The number of nitrogens with one attached hydrogen (secondary N) is 1. The van der Waals surface area contributed by atoms with Gasteiger partial charge in [-0.15, -0.1) is 0 Å². The molecule has 33 heavy (non-hydrogen) atoms. The number of benzene rings is 2. The van der Waals surface area contributed by atoms with Gasteiger partial charge in [-0.1, -0.05) is 76.2 Å². The standard InChI is InChI=1S/C29H42N2O2/c1-9-25(27(33)30-29(6,7)8)31(20-23-13-11-10-12-21(23)2)26(32)19-16-22-14-17-24(18-15-22)28(3,4)5/h10-15,17-18,25H,9,16,19-20H2,1-8H3,(H,30,33)/t25-/m0/s1. The van der Waals surface area contributed by atoms with E-state index in [0.29, 0.717) is 25.8 Å². The van der Waals surface area contributed by atoms with Gasteiger partial charge >= 0.3 is 0 Å². The van der Waals surface area contributed by atoms with Crippen LogP contribution in [0.1, 0.15) is 83.6 Å². The fourth-order valence-electron chi connectivity index (χ4n) is 3.91. The third-order valence-corrected chi connectivity index (χ3v) is 5.93. The van der Waals surface area contributed by atoms with Crippen LogP contribution >= 0.6 is 0 Å². The van der Waals surface area contributed by atoms with Gasteiger partial charge in [0.1, 0.15) is 6.04 Å². The molecule has 2 amide bonds. The molecule has 0 aliphatic rings. The van der Waals surface area contributed by atoms with Gasteiger partial charge in [-0.25, -0.2) is 0 Å². The Morgan fingerprint density at radius 1 is 0.939 bits per heavy atom. The third-order valence-electron chi connectivity index (χ3n) is 5.93. The van der Waals surface area contributed by atoms with E-state index in [1.807, 2.05) is 58.9 Å². The second-order valence-electron chi connectivity index (χ2n) is 11.1. The summed E-state index contributed by atoms with van der Waals surface area (Å²) in [4.78, 5) is 28.4. The number of amides is 2. The van der Waals surface area contributed by atoms with Gasteiger partial charge in [0.05, 0.1) is 0 Å². The molecule has 0 aliphatic carbocycles. The summed E-state index contributed by atoms with van der Waals surface area (Å²) in [5.74, 6) is -0.0875. The molecule has 0 radical (unpaired) electrons. The van der Waals surface area contributed by atoms with Gasteiger partial charge in [0.25, 0.3) is 0 Å². The Balaban J connectivity index is 2.23. The summed E-state index contributed by atoms with van der Waals surface area (Å²) >= 11 is 0. The highest BCUT2D eigenvalue weighted by Gasteiger charge is 2.30. The summed E-state index contributed by atoms with van der Waals surface area (Å²) < 4.78 is 0. The topological polar surface area (TPSA) is 49.4 Å². The van der Waals surface area contributed by atoms with Crippen molar-refractivity contribution in [3.8, 4) is 0 Å². The predicted molar refractivity (Wildman–Crippen MR) is 137 cm³/mol. The van der Waals surface area contributed by atoms with Crippen LogP contribution in [0.25, 0.3) is 0 Å². The average Bonchev–Trinajstić information content (AvgIpc) is 2.71. The van der Waals surface area contributed by atoms with Crippen molar-refractivity contribution in [1.82, 2.24) is 10.2 Å². The molecular weight excluding hydrogens is 408 g/mol. The summed E-state index contributed by atoms with van der Waals surface area (Å²) in [5, 5.41) is 3.07. The number of rotatable bonds is 8. The van der Waals surface area contributed by atoms with Crippen molar-refractivity contribution < 1.29 is 9.59 Å². The van der Waals surface area contributed by atoms with Gasteiger partial charge in [-0.2, -0.15) is 0 Å². The zero-order valence-corrected chi connectivity index (χ0v) is 21.8. The lowest BCUT2D eigenvalue weighted by Gasteiger charge is -2.33. The number of hydrogen-bond donors (Lipinski definition) is 1. The van der Waals surface area contributed by atoms with Crippen LogP contribution in [0.3, 0.4) is 0 Å². The molecule has 1 N–H and O–H groups in total. The van der Waals surface area contributed by atoms with Crippen molar-refractivity contribution in [2.75, 3.05) is 0 Å². The maximum Gasteiger partial charge on any atom is 0.243 e. The van der Waals surface area contributed by atoms with Crippen LogP contribution < -0.4 is 5.32 Å². The van der Waals surface area contributed by atoms with Crippen molar-refractivity contribution in [3.05, 3.63) is 70.8 Å². The number of carbonyl (C=O) groups excluding carboxylic acids is 2. The molecule has 1 atom stereocenters. The first-order valence-electron chi connectivity index (χ1n) is 12.1. The van der Waals surface area contributed by atoms with E-state index in [4.69, 9.17) is 0 Å². The lowest BCUT2D eigenvalue weighted by molar-refractivity contribution is -0.142. The zero-order valence-electron chi connectivity index (χ0n) is 21.8. The number of carbonyl (C=O) groups is 2. The van der Waals surface area contributed by atoms with Gasteiger partial charge in [-0.05, 0) is 68.2 Å². The zero-order chi connectivity index (χ0) is 24.8. The smallest absolute Gasteiger partial charge is 0.243 e. The van der Waals surface area contributed by atoms with E-state index in [1.165, 1.54) is 5.56 Å². The van der Waals surface area contributed by atoms with Gasteiger partial charge in [0, 0.05) is 18.5 Å². The largest absolute Gasteiger partial charge is 0.350 e. The minimum Gasteiger partial charge on any atom is -0.350 e. The van der Waals surface area contributed by atoms with Crippen LogP contribution in [0, 0.1) is 6.92 Å². The Hall–Kier alpha value is -2.62. The summed E-state index contributed by atoms with van der Waals surface area (Å²) in [6.45, 7) is 16.9.